The molecule has 0 spiro atoms. The SMILES string of the molecule is C=C(C)/C=C(\C=C/CC)CCC.C=CC/C=C\C=C/CCCC(C)NC=O. The van der Waals surface area contributed by atoms with Gasteiger partial charge in [-0.25, -0.2) is 0 Å². The first-order chi connectivity index (χ1) is 13.0. The third-order valence-electron chi connectivity index (χ3n) is 3.58. The average Bonchev–Trinajstić information content (AvgIpc) is 2.62. The van der Waals surface area contributed by atoms with Crippen molar-refractivity contribution in [2.24, 2.45) is 0 Å². The predicted molar refractivity (Wildman–Crippen MR) is 123 cm³/mol. The van der Waals surface area contributed by atoms with Gasteiger partial charge >= 0.3 is 0 Å². The van der Waals surface area contributed by atoms with Crippen molar-refractivity contribution in [3.8, 4) is 0 Å². The molecule has 0 aromatic carbocycles. The van der Waals surface area contributed by atoms with E-state index in [1.807, 2.05) is 26.0 Å². The maximum Gasteiger partial charge on any atom is 0.207 e. The molecule has 0 fully saturated rings. The summed E-state index contributed by atoms with van der Waals surface area (Å²) >= 11 is 0. The zero-order chi connectivity index (χ0) is 20.8. The Morgan fingerprint density at radius 3 is 2.41 bits per heavy atom. The largest absolute Gasteiger partial charge is 0.356 e. The van der Waals surface area contributed by atoms with Crippen molar-refractivity contribution < 1.29 is 4.79 Å². The highest BCUT2D eigenvalue weighted by Gasteiger charge is 1.96. The maximum atomic E-state index is 10.1. The van der Waals surface area contributed by atoms with Crippen LogP contribution in [0.3, 0.4) is 0 Å². The Labute approximate surface area is 168 Å². The van der Waals surface area contributed by atoms with Crippen molar-refractivity contribution in [1.29, 1.82) is 0 Å². The topological polar surface area (TPSA) is 29.1 Å². The van der Waals surface area contributed by atoms with Crippen LogP contribution in [0.5, 0.6) is 0 Å². The van der Waals surface area contributed by atoms with Crippen LogP contribution < -0.4 is 5.32 Å². The summed E-state index contributed by atoms with van der Waals surface area (Å²) in [5, 5.41) is 2.73. The summed E-state index contributed by atoms with van der Waals surface area (Å²) in [6.45, 7) is 15.9. The van der Waals surface area contributed by atoms with Gasteiger partial charge in [0.25, 0.3) is 0 Å². The number of rotatable bonds is 14. The molecule has 0 saturated heterocycles. The smallest absolute Gasteiger partial charge is 0.207 e. The molecule has 0 aliphatic rings. The molecule has 1 N–H and O–H groups in total. The Kier molecular flexibility index (Phi) is 22.1. The molecule has 0 saturated carbocycles. The number of allylic oxidation sites excluding steroid dienone is 10. The van der Waals surface area contributed by atoms with Crippen LogP contribution in [0.2, 0.25) is 0 Å². The molecule has 0 aliphatic carbocycles. The summed E-state index contributed by atoms with van der Waals surface area (Å²) in [6, 6.07) is 0.284. The molecule has 1 amide bonds. The van der Waals surface area contributed by atoms with E-state index in [1.165, 1.54) is 12.0 Å². The molecule has 0 aliphatic heterocycles. The third kappa shape index (κ3) is 23.9. The second-order valence-corrected chi connectivity index (χ2v) is 6.62. The Hall–Kier alpha value is -2.09. The third-order valence-corrected chi connectivity index (χ3v) is 3.58. The molecule has 0 heterocycles. The van der Waals surface area contributed by atoms with Gasteiger partial charge in [-0.3, -0.25) is 4.79 Å². The molecule has 1 unspecified atom stereocenters. The molecule has 152 valence electrons. The van der Waals surface area contributed by atoms with Gasteiger partial charge in [0.05, 0.1) is 0 Å². The van der Waals surface area contributed by atoms with E-state index in [2.05, 4.69) is 68.8 Å². The second kappa shape index (κ2) is 22.0. The van der Waals surface area contributed by atoms with E-state index >= 15 is 0 Å². The van der Waals surface area contributed by atoms with Gasteiger partial charge in [-0.1, -0.05) is 81.0 Å². The summed E-state index contributed by atoms with van der Waals surface area (Å²) in [4.78, 5) is 10.1. The van der Waals surface area contributed by atoms with E-state index in [0.717, 1.165) is 50.5 Å². The van der Waals surface area contributed by atoms with Gasteiger partial charge in [-0.15, -0.1) is 6.58 Å². The zero-order valence-electron chi connectivity index (χ0n) is 18.0. The van der Waals surface area contributed by atoms with Crippen molar-refractivity contribution >= 4 is 6.41 Å². The number of carbonyl (C=O) groups is 1. The summed E-state index contributed by atoms with van der Waals surface area (Å²) in [5.74, 6) is 0. The molecule has 27 heavy (non-hydrogen) atoms. The van der Waals surface area contributed by atoms with E-state index in [1.54, 1.807) is 0 Å². The minimum absolute atomic E-state index is 0.284. The van der Waals surface area contributed by atoms with Crippen molar-refractivity contribution in [3.63, 3.8) is 0 Å². The highest BCUT2D eigenvalue weighted by atomic mass is 16.1. The van der Waals surface area contributed by atoms with Crippen LogP contribution in [0, 0.1) is 0 Å². The van der Waals surface area contributed by atoms with Crippen LogP contribution in [0.4, 0.5) is 0 Å². The Bertz CT molecular complexity index is 494. The fourth-order valence-corrected chi connectivity index (χ4v) is 2.25. The number of hydrogen-bond donors (Lipinski definition) is 1. The van der Waals surface area contributed by atoms with Crippen LogP contribution in [-0.2, 0) is 4.79 Å². The fraction of sp³-hybridized carbons (Fsp3) is 0.480. The molecule has 0 aromatic rings. The van der Waals surface area contributed by atoms with Crippen molar-refractivity contribution in [2.75, 3.05) is 0 Å². The number of nitrogens with one attached hydrogen (secondary N) is 1. The van der Waals surface area contributed by atoms with Gasteiger partial charge in [-0.05, 0) is 57.9 Å². The van der Waals surface area contributed by atoms with Crippen LogP contribution in [0.25, 0.3) is 0 Å². The van der Waals surface area contributed by atoms with Gasteiger partial charge in [0, 0.05) is 6.04 Å². The quantitative estimate of drug-likeness (QED) is 0.148. The minimum atomic E-state index is 0.284. The lowest BCUT2D eigenvalue weighted by Crippen LogP contribution is -2.23. The van der Waals surface area contributed by atoms with E-state index in [-0.39, 0.29) is 6.04 Å². The first kappa shape index (κ1) is 27.1. The van der Waals surface area contributed by atoms with E-state index < -0.39 is 0 Å². The number of amides is 1. The minimum Gasteiger partial charge on any atom is -0.356 e. The number of hydrogen-bond acceptors (Lipinski definition) is 1. The van der Waals surface area contributed by atoms with Gasteiger partial charge in [-0.2, -0.15) is 0 Å². The fourth-order valence-electron chi connectivity index (χ4n) is 2.25. The standard InChI is InChI=1S/C13H21NO.C12H20/c1-3-4-5-6-7-8-9-10-11-13(2)14-12-15;1-5-7-9-12(8-6-2)10-11(3)4/h3,5-8,12-13H,1,4,9-11H2,2H3,(H,14,15);7,9-10H,3,5-6,8H2,1-2,4H3/b6-5-,8-7-;9-7-,12-10-. The monoisotopic (exact) mass is 371 g/mol. The molecule has 0 rings (SSSR count). The molecule has 2 nitrogen and oxygen atoms in total. The van der Waals surface area contributed by atoms with E-state index in [0.29, 0.717) is 0 Å². The predicted octanol–water partition coefficient (Wildman–Crippen LogP) is 7.23. The van der Waals surface area contributed by atoms with Crippen molar-refractivity contribution in [2.45, 2.75) is 78.7 Å². The van der Waals surface area contributed by atoms with Crippen molar-refractivity contribution in [3.05, 3.63) is 72.9 Å². The average molecular weight is 372 g/mol. The van der Waals surface area contributed by atoms with Crippen LogP contribution >= 0.6 is 0 Å². The molecular formula is C25H41NO. The highest BCUT2D eigenvalue weighted by molar-refractivity contribution is 5.46. The Balaban J connectivity index is 0. The Morgan fingerprint density at radius 1 is 1.15 bits per heavy atom. The Morgan fingerprint density at radius 2 is 1.85 bits per heavy atom. The van der Waals surface area contributed by atoms with Gasteiger partial charge in [0.15, 0.2) is 0 Å². The molecule has 1 atom stereocenters. The zero-order valence-corrected chi connectivity index (χ0v) is 18.0. The van der Waals surface area contributed by atoms with Gasteiger partial charge in [0.1, 0.15) is 0 Å². The first-order valence-corrected chi connectivity index (χ1v) is 10.2. The van der Waals surface area contributed by atoms with Crippen LogP contribution in [0.1, 0.15) is 72.6 Å². The summed E-state index contributed by atoms with van der Waals surface area (Å²) in [7, 11) is 0. The summed E-state index contributed by atoms with van der Waals surface area (Å²) < 4.78 is 0. The van der Waals surface area contributed by atoms with E-state index in [4.69, 9.17) is 0 Å². The lowest BCUT2D eigenvalue weighted by Gasteiger charge is -2.07. The summed E-state index contributed by atoms with van der Waals surface area (Å²) in [6.07, 6.45) is 25.1. The lowest BCUT2D eigenvalue weighted by atomic mass is 10.1. The molecule has 0 bridgehead atoms. The second-order valence-electron chi connectivity index (χ2n) is 6.62. The highest BCUT2D eigenvalue weighted by Crippen LogP contribution is 2.09. The van der Waals surface area contributed by atoms with Crippen LogP contribution in [0.15, 0.2) is 72.9 Å². The van der Waals surface area contributed by atoms with E-state index in [9.17, 15) is 4.79 Å². The lowest BCUT2D eigenvalue weighted by molar-refractivity contribution is -0.110. The van der Waals surface area contributed by atoms with Gasteiger partial charge in [0.2, 0.25) is 6.41 Å². The van der Waals surface area contributed by atoms with Gasteiger partial charge < -0.3 is 5.32 Å². The van der Waals surface area contributed by atoms with Crippen molar-refractivity contribution in [1.82, 2.24) is 5.32 Å². The molecule has 0 aromatic heterocycles. The van der Waals surface area contributed by atoms with Crippen LogP contribution in [-0.4, -0.2) is 12.5 Å². The molecule has 0 radical (unpaired) electrons. The molecular weight excluding hydrogens is 330 g/mol. The number of unbranched alkanes of at least 4 members (excludes halogenated alkanes) is 1. The maximum absolute atomic E-state index is 10.1. The molecule has 2 heteroatoms. The first-order valence-electron chi connectivity index (χ1n) is 10.2. The normalized spacial score (nSPS) is 12.8. The summed E-state index contributed by atoms with van der Waals surface area (Å²) in [5.41, 5.74) is 2.53. The number of carbonyl (C=O) groups excluding carboxylic acids is 1.